The van der Waals surface area contributed by atoms with Gasteiger partial charge in [-0.25, -0.2) is 0 Å². The smallest absolute Gasteiger partial charge is 0.124 e. The van der Waals surface area contributed by atoms with Gasteiger partial charge in [-0.3, -0.25) is 0 Å². The SMILES string of the molecule is COc1cc(NC2CCCN(C(C)C)CC2)cc(OC)c1. The van der Waals surface area contributed by atoms with E-state index in [2.05, 4.69) is 24.1 Å². The Bertz CT molecular complexity index is 426. The van der Waals surface area contributed by atoms with E-state index in [0.29, 0.717) is 12.1 Å². The Balaban J connectivity index is 2.01. The van der Waals surface area contributed by atoms with Crippen LogP contribution in [0.4, 0.5) is 5.69 Å². The molecular formula is C17H28N2O2. The fourth-order valence-corrected chi connectivity index (χ4v) is 2.91. The second-order valence-electron chi connectivity index (χ2n) is 6.00. The Kier molecular flexibility index (Phi) is 5.74. The van der Waals surface area contributed by atoms with Crippen molar-refractivity contribution in [2.75, 3.05) is 32.6 Å². The first-order valence-corrected chi connectivity index (χ1v) is 7.86. The summed E-state index contributed by atoms with van der Waals surface area (Å²) >= 11 is 0. The molecule has 1 atom stereocenters. The number of hydrogen-bond donors (Lipinski definition) is 1. The maximum absolute atomic E-state index is 5.33. The van der Waals surface area contributed by atoms with Crippen molar-refractivity contribution in [3.8, 4) is 11.5 Å². The normalized spacial score (nSPS) is 20.1. The number of rotatable bonds is 5. The van der Waals surface area contributed by atoms with Crippen LogP contribution in [0.2, 0.25) is 0 Å². The quantitative estimate of drug-likeness (QED) is 0.902. The molecule has 0 aliphatic carbocycles. The number of ether oxygens (including phenoxy) is 2. The van der Waals surface area contributed by atoms with Gasteiger partial charge in [-0.15, -0.1) is 0 Å². The van der Waals surface area contributed by atoms with Crippen molar-refractivity contribution in [3.63, 3.8) is 0 Å². The maximum atomic E-state index is 5.33. The van der Waals surface area contributed by atoms with Gasteiger partial charge < -0.3 is 19.7 Å². The molecule has 4 nitrogen and oxygen atoms in total. The van der Waals surface area contributed by atoms with Crippen LogP contribution in [0.1, 0.15) is 33.1 Å². The number of likely N-dealkylation sites (tertiary alicyclic amines) is 1. The van der Waals surface area contributed by atoms with Crippen molar-refractivity contribution < 1.29 is 9.47 Å². The number of hydrogen-bond acceptors (Lipinski definition) is 4. The summed E-state index contributed by atoms with van der Waals surface area (Å²) in [5.74, 6) is 1.66. The van der Waals surface area contributed by atoms with Crippen molar-refractivity contribution >= 4 is 5.69 Å². The summed E-state index contributed by atoms with van der Waals surface area (Å²) < 4.78 is 10.7. The number of nitrogens with one attached hydrogen (secondary N) is 1. The van der Waals surface area contributed by atoms with Gasteiger partial charge in [0, 0.05) is 42.5 Å². The molecule has 1 N–H and O–H groups in total. The summed E-state index contributed by atoms with van der Waals surface area (Å²) in [5, 5.41) is 3.64. The van der Waals surface area contributed by atoms with Crippen LogP contribution < -0.4 is 14.8 Å². The van der Waals surface area contributed by atoms with Gasteiger partial charge in [0.2, 0.25) is 0 Å². The molecule has 2 rings (SSSR count). The highest BCUT2D eigenvalue weighted by Gasteiger charge is 2.18. The Hall–Kier alpha value is -1.42. The molecule has 1 aliphatic rings. The Morgan fingerprint density at radius 2 is 1.71 bits per heavy atom. The fourth-order valence-electron chi connectivity index (χ4n) is 2.91. The zero-order valence-corrected chi connectivity index (χ0v) is 13.7. The average molecular weight is 292 g/mol. The lowest BCUT2D eigenvalue weighted by atomic mass is 10.1. The van der Waals surface area contributed by atoms with Crippen molar-refractivity contribution in [2.45, 2.75) is 45.2 Å². The van der Waals surface area contributed by atoms with Crippen molar-refractivity contribution in [3.05, 3.63) is 18.2 Å². The summed E-state index contributed by atoms with van der Waals surface area (Å²) in [6.07, 6.45) is 3.64. The van der Waals surface area contributed by atoms with E-state index in [1.165, 1.54) is 25.8 Å². The first kappa shape index (κ1) is 16.0. The molecule has 1 aliphatic heterocycles. The van der Waals surface area contributed by atoms with Gasteiger partial charge in [-0.1, -0.05) is 0 Å². The molecular weight excluding hydrogens is 264 g/mol. The van der Waals surface area contributed by atoms with Crippen LogP contribution in [0.3, 0.4) is 0 Å². The van der Waals surface area contributed by atoms with Gasteiger partial charge in [0.1, 0.15) is 11.5 Å². The van der Waals surface area contributed by atoms with E-state index in [1.807, 2.05) is 18.2 Å². The third-order valence-corrected chi connectivity index (χ3v) is 4.22. The Morgan fingerprint density at radius 3 is 2.29 bits per heavy atom. The van der Waals surface area contributed by atoms with E-state index in [0.717, 1.165) is 23.7 Å². The molecule has 1 unspecified atom stereocenters. The molecule has 0 radical (unpaired) electrons. The van der Waals surface area contributed by atoms with Gasteiger partial charge in [-0.2, -0.15) is 0 Å². The van der Waals surface area contributed by atoms with E-state index >= 15 is 0 Å². The van der Waals surface area contributed by atoms with E-state index in [1.54, 1.807) is 14.2 Å². The van der Waals surface area contributed by atoms with Gasteiger partial charge in [-0.05, 0) is 39.7 Å². The minimum absolute atomic E-state index is 0.519. The van der Waals surface area contributed by atoms with E-state index < -0.39 is 0 Å². The monoisotopic (exact) mass is 292 g/mol. The Morgan fingerprint density at radius 1 is 1.05 bits per heavy atom. The van der Waals surface area contributed by atoms with Crippen molar-refractivity contribution in [2.24, 2.45) is 0 Å². The number of nitrogens with zero attached hydrogens (tertiary/aromatic N) is 1. The zero-order valence-electron chi connectivity index (χ0n) is 13.7. The van der Waals surface area contributed by atoms with Crippen LogP contribution in [-0.4, -0.2) is 44.3 Å². The molecule has 1 aromatic carbocycles. The second-order valence-corrected chi connectivity index (χ2v) is 6.00. The first-order chi connectivity index (χ1) is 10.1. The molecule has 0 spiro atoms. The molecule has 4 heteroatoms. The highest BCUT2D eigenvalue weighted by Crippen LogP contribution is 2.27. The van der Waals surface area contributed by atoms with Gasteiger partial charge in [0.15, 0.2) is 0 Å². The molecule has 0 bridgehead atoms. The van der Waals surface area contributed by atoms with Crippen LogP contribution in [0.5, 0.6) is 11.5 Å². The molecule has 0 amide bonds. The summed E-state index contributed by atoms with van der Waals surface area (Å²) in [5.41, 5.74) is 1.08. The van der Waals surface area contributed by atoms with Crippen LogP contribution in [0.15, 0.2) is 18.2 Å². The molecule has 118 valence electrons. The number of methoxy groups -OCH3 is 2. The molecule has 0 saturated carbocycles. The third-order valence-electron chi connectivity index (χ3n) is 4.22. The van der Waals surface area contributed by atoms with E-state index in [4.69, 9.17) is 9.47 Å². The predicted octanol–water partition coefficient (Wildman–Crippen LogP) is 3.38. The fraction of sp³-hybridized carbons (Fsp3) is 0.647. The molecule has 0 aromatic heterocycles. The average Bonchev–Trinajstić information content (AvgIpc) is 2.72. The minimum atomic E-state index is 0.519. The molecule has 1 aromatic rings. The maximum Gasteiger partial charge on any atom is 0.124 e. The highest BCUT2D eigenvalue weighted by atomic mass is 16.5. The molecule has 1 heterocycles. The largest absolute Gasteiger partial charge is 0.497 e. The van der Waals surface area contributed by atoms with Crippen molar-refractivity contribution in [1.82, 2.24) is 4.90 Å². The third kappa shape index (κ3) is 4.53. The molecule has 1 fully saturated rings. The minimum Gasteiger partial charge on any atom is -0.497 e. The lowest BCUT2D eigenvalue weighted by Crippen LogP contribution is -2.32. The number of anilines is 1. The summed E-state index contributed by atoms with van der Waals surface area (Å²) in [6, 6.07) is 7.13. The van der Waals surface area contributed by atoms with Crippen LogP contribution in [-0.2, 0) is 0 Å². The van der Waals surface area contributed by atoms with Gasteiger partial charge in [0.25, 0.3) is 0 Å². The lowest BCUT2D eigenvalue weighted by molar-refractivity contribution is 0.230. The summed E-state index contributed by atoms with van der Waals surface area (Å²) in [7, 11) is 3.37. The first-order valence-electron chi connectivity index (χ1n) is 7.86. The van der Waals surface area contributed by atoms with Crippen LogP contribution in [0.25, 0.3) is 0 Å². The topological polar surface area (TPSA) is 33.7 Å². The molecule has 1 saturated heterocycles. The Labute approximate surface area is 128 Å². The van der Waals surface area contributed by atoms with Crippen molar-refractivity contribution in [1.29, 1.82) is 0 Å². The predicted molar refractivity (Wildman–Crippen MR) is 87.5 cm³/mol. The summed E-state index contributed by atoms with van der Waals surface area (Å²) in [6.45, 7) is 6.93. The second kappa shape index (κ2) is 7.55. The summed E-state index contributed by atoms with van der Waals surface area (Å²) in [4.78, 5) is 2.56. The standard InChI is InChI=1S/C17H28N2O2/c1-13(2)19-8-5-6-14(7-9-19)18-15-10-16(20-3)12-17(11-15)21-4/h10-14,18H,5-9H2,1-4H3. The van der Waals surface area contributed by atoms with Crippen LogP contribution in [0, 0.1) is 0 Å². The zero-order chi connectivity index (χ0) is 15.2. The highest BCUT2D eigenvalue weighted by molar-refractivity contribution is 5.54. The van der Waals surface area contributed by atoms with Crippen LogP contribution >= 0.6 is 0 Å². The lowest BCUT2D eigenvalue weighted by Gasteiger charge is -2.24. The van der Waals surface area contributed by atoms with Gasteiger partial charge >= 0.3 is 0 Å². The van der Waals surface area contributed by atoms with E-state index in [-0.39, 0.29) is 0 Å². The number of benzene rings is 1. The van der Waals surface area contributed by atoms with Gasteiger partial charge in [0.05, 0.1) is 14.2 Å². The molecule has 21 heavy (non-hydrogen) atoms. The van der Waals surface area contributed by atoms with E-state index in [9.17, 15) is 0 Å².